The van der Waals surface area contributed by atoms with Crippen LogP contribution in [-0.2, 0) is 0 Å². The molecule has 0 atom stereocenters. The summed E-state index contributed by atoms with van der Waals surface area (Å²) in [5.74, 6) is 0.673. The number of anilines is 2. The van der Waals surface area contributed by atoms with Gasteiger partial charge in [-0.25, -0.2) is 4.98 Å². The molecular formula is C17H24N4. The Morgan fingerprint density at radius 3 is 2.67 bits per heavy atom. The highest BCUT2D eigenvalue weighted by Crippen LogP contribution is 2.26. The summed E-state index contributed by atoms with van der Waals surface area (Å²) in [6, 6.07) is 4.01. The van der Waals surface area contributed by atoms with Crippen molar-refractivity contribution in [3.8, 4) is 0 Å². The van der Waals surface area contributed by atoms with Gasteiger partial charge in [-0.3, -0.25) is 0 Å². The van der Waals surface area contributed by atoms with Crippen LogP contribution in [0.15, 0.2) is 18.2 Å². The van der Waals surface area contributed by atoms with Crippen LogP contribution in [0, 0.1) is 6.92 Å². The van der Waals surface area contributed by atoms with E-state index in [0.29, 0.717) is 5.82 Å². The average molecular weight is 284 g/mol. The van der Waals surface area contributed by atoms with Crippen molar-refractivity contribution >= 4 is 28.7 Å². The average Bonchev–Trinajstić information content (AvgIpc) is 2.44. The van der Waals surface area contributed by atoms with E-state index < -0.39 is 0 Å². The number of fused-ring (bicyclic) bond motifs is 1. The van der Waals surface area contributed by atoms with Crippen molar-refractivity contribution < 1.29 is 0 Å². The number of benzene rings is 1. The van der Waals surface area contributed by atoms with Gasteiger partial charge in [-0.2, -0.15) is 4.98 Å². The summed E-state index contributed by atoms with van der Waals surface area (Å²) in [6.45, 7) is 4.28. The standard InChI is InChI=1S/C17H24N4/c1-3-4-5-6-7-8-9-13-10-11-14-15(12(13)2)16(18)21-17(19)20-14/h8-11H,3-7H2,1-2H3,(H4,18,19,20,21)/b9-8+. The second-order valence-corrected chi connectivity index (χ2v) is 5.39. The topological polar surface area (TPSA) is 77.8 Å². The number of aromatic nitrogens is 2. The van der Waals surface area contributed by atoms with Gasteiger partial charge in [0.2, 0.25) is 5.95 Å². The zero-order valence-corrected chi connectivity index (χ0v) is 12.9. The smallest absolute Gasteiger partial charge is 0.222 e. The van der Waals surface area contributed by atoms with Crippen LogP contribution < -0.4 is 11.5 Å². The lowest BCUT2D eigenvalue weighted by Gasteiger charge is -2.08. The van der Waals surface area contributed by atoms with Crippen LogP contribution in [-0.4, -0.2) is 9.97 Å². The van der Waals surface area contributed by atoms with Crippen LogP contribution in [0.25, 0.3) is 17.0 Å². The number of rotatable bonds is 6. The third-order valence-electron chi connectivity index (χ3n) is 3.73. The van der Waals surface area contributed by atoms with Gasteiger partial charge in [0, 0.05) is 5.39 Å². The van der Waals surface area contributed by atoms with Crippen LogP contribution in [0.3, 0.4) is 0 Å². The first-order chi connectivity index (χ1) is 10.1. The summed E-state index contributed by atoms with van der Waals surface area (Å²) in [5.41, 5.74) is 14.7. The minimum atomic E-state index is 0.221. The molecule has 1 aromatic carbocycles. The maximum atomic E-state index is 5.98. The number of hydrogen-bond donors (Lipinski definition) is 2. The summed E-state index contributed by atoms with van der Waals surface area (Å²) in [5, 5.41) is 0.900. The molecule has 4 N–H and O–H groups in total. The molecule has 2 aromatic rings. The summed E-state index contributed by atoms with van der Waals surface area (Å²) < 4.78 is 0. The summed E-state index contributed by atoms with van der Waals surface area (Å²) in [6.07, 6.45) is 10.7. The predicted octanol–water partition coefficient (Wildman–Crippen LogP) is 4.09. The van der Waals surface area contributed by atoms with E-state index in [1.54, 1.807) is 0 Å². The molecule has 112 valence electrons. The SMILES string of the molecule is CCCCCC/C=C/c1ccc2nc(N)nc(N)c2c1C. The molecular weight excluding hydrogens is 260 g/mol. The van der Waals surface area contributed by atoms with Gasteiger partial charge < -0.3 is 11.5 Å². The fourth-order valence-corrected chi connectivity index (χ4v) is 2.54. The van der Waals surface area contributed by atoms with Gasteiger partial charge in [0.05, 0.1) is 5.52 Å². The Morgan fingerprint density at radius 1 is 1.10 bits per heavy atom. The molecule has 1 heterocycles. The Balaban J connectivity index is 2.18. The van der Waals surface area contributed by atoms with Crippen molar-refractivity contribution in [1.29, 1.82) is 0 Å². The Bertz CT molecular complexity index is 647. The molecule has 0 unspecified atom stereocenters. The molecule has 0 aliphatic rings. The van der Waals surface area contributed by atoms with Gasteiger partial charge in [0.1, 0.15) is 5.82 Å². The maximum Gasteiger partial charge on any atom is 0.222 e. The number of unbranched alkanes of at least 4 members (excludes halogenated alkanes) is 4. The Hall–Kier alpha value is -2.10. The number of nitrogen functional groups attached to an aromatic ring is 2. The van der Waals surface area contributed by atoms with Crippen molar-refractivity contribution in [3.05, 3.63) is 29.3 Å². The monoisotopic (exact) mass is 284 g/mol. The largest absolute Gasteiger partial charge is 0.383 e. The minimum Gasteiger partial charge on any atom is -0.383 e. The van der Waals surface area contributed by atoms with Gasteiger partial charge in [0.15, 0.2) is 0 Å². The molecule has 0 bridgehead atoms. The highest BCUT2D eigenvalue weighted by atomic mass is 15.0. The second-order valence-electron chi connectivity index (χ2n) is 5.39. The van der Waals surface area contributed by atoms with E-state index in [1.807, 2.05) is 6.07 Å². The van der Waals surface area contributed by atoms with E-state index in [9.17, 15) is 0 Å². The normalized spacial score (nSPS) is 11.5. The lowest BCUT2D eigenvalue weighted by Crippen LogP contribution is -2.02. The fourth-order valence-electron chi connectivity index (χ4n) is 2.54. The van der Waals surface area contributed by atoms with E-state index in [-0.39, 0.29) is 5.95 Å². The number of hydrogen-bond acceptors (Lipinski definition) is 4. The third kappa shape index (κ3) is 3.72. The molecule has 1 aromatic heterocycles. The Morgan fingerprint density at radius 2 is 1.90 bits per heavy atom. The van der Waals surface area contributed by atoms with Gasteiger partial charge in [-0.05, 0) is 37.0 Å². The van der Waals surface area contributed by atoms with Crippen LogP contribution in [0.2, 0.25) is 0 Å². The van der Waals surface area contributed by atoms with Crippen molar-refractivity contribution in [2.75, 3.05) is 11.5 Å². The summed E-state index contributed by atoms with van der Waals surface area (Å²) in [4.78, 5) is 8.29. The summed E-state index contributed by atoms with van der Waals surface area (Å²) >= 11 is 0. The molecule has 4 heteroatoms. The highest BCUT2D eigenvalue weighted by Gasteiger charge is 2.08. The lowest BCUT2D eigenvalue weighted by atomic mass is 10.0. The first-order valence-electron chi connectivity index (χ1n) is 7.62. The molecule has 0 aliphatic carbocycles. The van der Waals surface area contributed by atoms with Crippen molar-refractivity contribution in [2.45, 2.75) is 46.0 Å². The zero-order chi connectivity index (χ0) is 15.2. The number of aryl methyl sites for hydroxylation is 1. The molecule has 4 nitrogen and oxygen atoms in total. The van der Waals surface area contributed by atoms with E-state index >= 15 is 0 Å². The summed E-state index contributed by atoms with van der Waals surface area (Å²) in [7, 11) is 0. The molecule has 0 amide bonds. The van der Waals surface area contributed by atoms with E-state index in [2.05, 4.69) is 42.0 Å². The maximum absolute atomic E-state index is 5.98. The molecule has 21 heavy (non-hydrogen) atoms. The van der Waals surface area contributed by atoms with Crippen LogP contribution in [0.4, 0.5) is 11.8 Å². The number of nitrogens with zero attached hydrogens (tertiary/aromatic N) is 2. The Labute approximate surface area is 126 Å². The molecule has 0 radical (unpaired) electrons. The molecule has 0 fully saturated rings. The number of allylic oxidation sites excluding steroid dienone is 1. The van der Waals surface area contributed by atoms with Crippen LogP contribution in [0.5, 0.6) is 0 Å². The van der Waals surface area contributed by atoms with Gasteiger partial charge in [0.25, 0.3) is 0 Å². The first-order valence-corrected chi connectivity index (χ1v) is 7.62. The van der Waals surface area contributed by atoms with Crippen LogP contribution in [0.1, 0.15) is 50.2 Å². The molecule has 0 saturated heterocycles. The molecule has 0 saturated carbocycles. The molecule has 0 aliphatic heterocycles. The third-order valence-corrected chi connectivity index (χ3v) is 3.73. The molecule has 0 spiro atoms. The predicted molar refractivity (Wildman–Crippen MR) is 90.9 cm³/mol. The van der Waals surface area contributed by atoms with Crippen LogP contribution >= 0.6 is 0 Å². The van der Waals surface area contributed by atoms with E-state index in [4.69, 9.17) is 11.5 Å². The Kier molecular flexibility index (Phi) is 5.14. The van der Waals surface area contributed by atoms with Crippen molar-refractivity contribution in [1.82, 2.24) is 9.97 Å². The van der Waals surface area contributed by atoms with E-state index in [1.165, 1.54) is 25.7 Å². The van der Waals surface area contributed by atoms with Crippen molar-refractivity contribution in [3.63, 3.8) is 0 Å². The van der Waals surface area contributed by atoms with Gasteiger partial charge in [-0.1, -0.05) is 44.4 Å². The zero-order valence-electron chi connectivity index (χ0n) is 12.9. The van der Waals surface area contributed by atoms with Gasteiger partial charge in [-0.15, -0.1) is 0 Å². The minimum absolute atomic E-state index is 0.221. The molecule has 2 rings (SSSR count). The fraction of sp³-hybridized carbons (Fsp3) is 0.412. The van der Waals surface area contributed by atoms with Gasteiger partial charge >= 0.3 is 0 Å². The van der Waals surface area contributed by atoms with E-state index in [0.717, 1.165) is 28.5 Å². The lowest BCUT2D eigenvalue weighted by molar-refractivity contribution is 0.675. The second kappa shape index (κ2) is 7.07. The first kappa shape index (κ1) is 15.3. The quantitative estimate of drug-likeness (QED) is 0.783. The van der Waals surface area contributed by atoms with Crippen molar-refractivity contribution in [2.24, 2.45) is 0 Å². The number of nitrogens with two attached hydrogens (primary N) is 2. The highest BCUT2D eigenvalue weighted by molar-refractivity contribution is 5.94.